The summed E-state index contributed by atoms with van der Waals surface area (Å²) in [4.78, 5) is 2.08. The molecule has 1 aromatic rings. The second-order valence-electron chi connectivity index (χ2n) is 3.68. The highest BCUT2D eigenvalue weighted by Crippen LogP contribution is 2.22. The molecule has 15 heavy (non-hydrogen) atoms. The van der Waals surface area contributed by atoms with Crippen molar-refractivity contribution in [3.05, 3.63) is 35.6 Å². The molecule has 0 bridgehead atoms. The molecule has 84 valence electrons. The molecule has 1 aromatic carbocycles. The van der Waals surface area contributed by atoms with Gasteiger partial charge in [-0.15, -0.1) is 0 Å². The molecule has 2 nitrogen and oxygen atoms in total. The van der Waals surface area contributed by atoms with Crippen LogP contribution in [0.3, 0.4) is 0 Å². The predicted molar refractivity (Wildman–Crippen MR) is 59.1 cm³/mol. The number of hydrogen-bond donors (Lipinski definition) is 1. The van der Waals surface area contributed by atoms with Gasteiger partial charge in [0.15, 0.2) is 0 Å². The monoisotopic (exact) mass is 211 g/mol. The summed E-state index contributed by atoms with van der Waals surface area (Å²) in [6.45, 7) is 2.87. The highest BCUT2D eigenvalue weighted by molar-refractivity contribution is 5.19. The normalized spacial score (nSPS) is 13.1. The van der Waals surface area contributed by atoms with Crippen LogP contribution in [0.4, 0.5) is 4.39 Å². The number of nitrogens with zero attached hydrogens (tertiary/aromatic N) is 1. The minimum Gasteiger partial charge on any atom is -0.395 e. The Kier molecular flexibility index (Phi) is 4.72. The third kappa shape index (κ3) is 3.29. The Morgan fingerprint density at radius 2 is 1.93 bits per heavy atom. The van der Waals surface area contributed by atoms with E-state index in [1.165, 1.54) is 12.1 Å². The van der Waals surface area contributed by atoms with E-state index in [0.29, 0.717) is 6.54 Å². The van der Waals surface area contributed by atoms with Gasteiger partial charge in [-0.2, -0.15) is 0 Å². The smallest absolute Gasteiger partial charge is 0.123 e. The van der Waals surface area contributed by atoms with Crippen molar-refractivity contribution in [2.24, 2.45) is 0 Å². The molecule has 0 fully saturated rings. The van der Waals surface area contributed by atoms with Gasteiger partial charge >= 0.3 is 0 Å². The SMILES string of the molecule is CCC(c1ccc(F)cc1)N(C)CCO. The summed E-state index contributed by atoms with van der Waals surface area (Å²) in [5.74, 6) is -0.210. The Balaban J connectivity index is 2.77. The van der Waals surface area contributed by atoms with Crippen LogP contribution in [-0.4, -0.2) is 30.2 Å². The van der Waals surface area contributed by atoms with E-state index in [4.69, 9.17) is 5.11 Å². The van der Waals surface area contributed by atoms with Gasteiger partial charge in [-0.3, -0.25) is 4.90 Å². The number of aliphatic hydroxyl groups is 1. The first kappa shape index (κ1) is 12.1. The van der Waals surface area contributed by atoms with Crippen LogP contribution in [-0.2, 0) is 0 Å². The molecule has 0 aromatic heterocycles. The van der Waals surface area contributed by atoms with E-state index in [9.17, 15) is 4.39 Å². The molecule has 0 aliphatic rings. The van der Waals surface area contributed by atoms with E-state index in [0.717, 1.165) is 12.0 Å². The van der Waals surface area contributed by atoms with Gasteiger partial charge in [0, 0.05) is 12.6 Å². The highest BCUT2D eigenvalue weighted by atomic mass is 19.1. The van der Waals surface area contributed by atoms with Crippen molar-refractivity contribution in [2.75, 3.05) is 20.2 Å². The van der Waals surface area contributed by atoms with Crippen molar-refractivity contribution < 1.29 is 9.50 Å². The van der Waals surface area contributed by atoms with Crippen molar-refractivity contribution in [3.63, 3.8) is 0 Å². The second-order valence-corrected chi connectivity index (χ2v) is 3.68. The standard InChI is InChI=1S/C12H18FNO/c1-3-12(14(2)8-9-15)10-4-6-11(13)7-5-10/h4-7,12,15H,3,8-9H2,1-2H3. The third-order valence-corrected chi connectivity index (χ3v) is 2.63. The fraction of sp³-hybridized carbons (Fsp3) is 0.500. The molecule has 1 N–H and O–H groups in total. The van der Waals surface area contributed by atoms with Gasteiger partial charge in [0.1, 0.15) is 5.82 Å². The maximum absolute atomic E-state index is 12.7. The van der Waals surface area contributed by atoms with E-state index in [1.807, 2.05) is 7.05 Å². The van der Waals surface area contributed by atoms with Crippen molar-refractivity contribution in [1.82, 2.24) is 4.90 Å². The van der Waals surface area contributed by atoms with Gasteiger partial charge in [-0.1, -0.05) is 19.1 Å². The molecule has 1 unspecified atom stereocenters. The zero-order chi connectivity index (χ0) is 11.3. The molecule has 1 rings (SSSR count). The summed E-state index contributed by atoms with van der Waals surface area (Å²) in [6, 6.07) is 6.81. The summed E-state index contributed by atoms with van der Waals surface area (Å²) in [6.07, 6.45) is 0.947. The lowest BCUT2D eigenvalue weighted by Gasteiger charge is -2.26. The van der Waals surface area contributed by atoms with E-state index in [-0.39, 0.29) is 18.5 Å². The number of rotatable bonds is 5. The number of likely N-dealkylation sites (N-methyl/N-ethyl adjacent to an activating group) is 1. The number of aliphatic hydroxyl groups excluding tert-OH is 1. The van der Waals surface area contributed by atoms with E-state index < -0.39 is 0 Å². The molecule has 0 aliphatic heterocycles. The summed E-state index contributed by atoms with van der Waals surface area (Å²) in [5, 5.41) is 8.87. The number of hydrogen-bond acceptors (Lipinski definition) is 2. The largest absolute Gasteiger partial charge is 0.395 e. The van der Waals surface area contributed by atoms with E-state index in [2.05, 4.69) is 11.8 Å². The van der Waals surface area contributed by atoms with Gasteiger partial charge < -0.3 is 5.11 Å². The fourth-order valence-electron chi connectivity index (χ4n) is 1.80. The van der Waals surface area contributed by atoms with Gasteiger partial charge in [-0.05, 0) is 31.2 Å². The van der Waals surface area contributed by atoms with E-state index in [1.54, 1.807) is 12.1 Å². The summed E-state index contributed by atoms with van der Waals surface area (Å²) >= 11 is 0. The first-order chi connectivity index (χ1) is 7.19. The zero-order valence-electron chi connectivity index (χ0n) is 9.28. The van der Waals surface area contributed by atoms with Gasteiger partial charge in [0.2, 0.25) is 0 Å². The molecule has 0 saturated carbocycles. The average molecular weight is 211 g/mol. The zero-order valence-corrected chi connectivity index (χ0v) is 9.28. The minimum absolute atomic E-state index is 0.147. The van der Waals surface area contributed by atoms with Crippen LogP contribution in [0.2, 0.25) is 0 Å². The van der Waals surface area contributed by atoms with Crippen LogP contribution >= 0.6 is 0 Å². The molecule has 3 heteroatoms. The maximum Gasteiger partial charge on any atom is 0.123 e. The first-order valence-electron chi connectivity index (χ1n) is 5.25. The quantitative estimate of drug-likeness (QED) is 0.807. The Bertz CT molecular complexity index is 286. The van der Waals surface area contributed by atoms with Crippen LogP contribution in [0.25, 0.3) is 0 Å². The van der Waals surface area contributed by atoms with Crippen LogP contribution < -0.4 is 0 Å². The van der Waals surface area contributed by atoms with Gasteiger partial charge in [-0.25, -0.2) is 4.39 Å². The van der Waals surface area contributed by atoms with Gasteiger partial charge in [0.25, 0.3) is 0 Å². The summed E-state index contributed by atoms with van der Waals surface area (Å²) in [7, 11) is 1.97. The van der Waals surface area contributed by atoms with Crippen LogP contribution in [0, 0.1) is 5.82 Å². The summed E-state index contributed by atoms with van der Waals surface area (Å²) < 4.78 is 12.7. The fourth-order valence-corrected chi connectivity index (χ4v) is 1.80. The topological polar surface area (TPSA) is 23.5 Å². The molecule has 0 aliphatic carbocycles. The molecule has 0 saturated heterocycles. The Morgan fingerprint density at radius 3 is 2.40 bits per heavy atom. The number of halogens is 1. The number of benzene rings is 1. The molecular formula is C12H18FNO. The Hall–Kier alpha value is -0.930. The molecule has 0 amide bonds. The van der Waals surface area contributed by atoms with Gasteiger partial charge in [0.05, 0.1) is 6.61 Å². The highest BCUT2D eigenvalue weighted by Gasteiger charge is 2.14. The van der Waals surface area contributed by atoms with Crippen LogP contribution in [0.1, 0.15) is 24.9 Å². The Labute approximate surface area is 90.3 Å². The Morgan fingerprint density at radius 1 is 1.33 bits per heavy atom. The molecule has 0 spiro atoms. The van der Waals surface area contributed by atoms with Crippen LogP contribution in [0.15, 0.2) is 24.3 Å². The molecular weight excluding hydrogens is 193 g/mol. The average Bonchev–Trinajstić information content (AvgIpc) is 2.22. The van der Waals surface area contributed by atoms with Crippen molar-refractivity contribution in [1.29, 1.82) is 0 Å². The lowest BCUT2D eigenvalue weighted by molar-refractivity contribution is 0.177. The molecule has 1 atom stereocenters. The van der Waals surface area contributed by atoms with Crippen molar-refractivity contribution >= 4 is 0 Å². The lowest BCUT2D eigenvalue weighted by Crippen LogP contribution is -2.27. The van der Waals surface area contributed by atoms with E-state index >= 15 is 0 Å². The maximum atomic E-state index is 12.7. The molecule has 0 heterocycles. The van der Waals surface area contributed by atoms with Crippen LogP contribution in [0.5, 0.6) is 0 Å². The first-order valence-corrected chi connectivity index (χ1v) is 5.25. The lowest BCUT2D eigenvalue weighted by atomic mass is 10.0. The predicted octanol–water partition coefficient (Wildman–Crippen LogP) is 2.20. The summed E-state index contributed by atoms with van der Waals surface area (Å²) in [5.41, 5.74) is 1.09. The van der Waals surface area contributed by atoms with Crippen molar-refractivity contribution in [3.8, 4) is 0 Å². The minimum atomic E-state index is -0.210. The molecule has 0 radical (unpaired) electrons. The third-order valence-electron chi connectivity index (χ3n) is 2.63. The second kappa shape index (κ2) is 5.83. The van der Waals surface area contributed by atoms with Crippen molar-refractivity contribution in [2.45, 2.75) is 19.4 Å².